The van der Waals surface area contributed by atoms with Crippen molar-refractivity contribution in [3.05, 3.63) is 58.6 Å². The summed E-state index contributed by atoms with van der Waals surface area (Å²) in [4.78, 5) is 21.0. The normalized spacial score (nSPS) is 11.3. The number of aromatic nitrogens is 3. The van der Waals surface area contributed by atoms with Gasteiger partial charge in [0.1, 0.15) is 0 Å². The Morgan fingerprint density at radius 3 is 3.18 bits per heavy atom. The SMILES string of the molecule is O=C(/C=C/c1c(Cl)nc2sccn12)NCCc1ccccn1. The largest absolute Gasteiger partial charge is 0.352 e. The molecule has 0 bridgehead atoms. The molecule has 0 saturated heterocycles. The van der Waals surface area contributed by atoms with E-state index in [9.17, 15) is 4.79 Å². The maximum atomic E-state index is 11.8. The van der Waals surface area contributed by atoms with Gasteiger partial charge in [-0.05, 0) is 18.2 Å². The highest BCUT2D eigenvalue weighted by Gasteiger charge is 2.08. The molecule has 7 heteroatoms. The molecule has 0 radical (unpaired) electrons. The molecule has 3 aromatic heterocycles. The average Bonchev–Trinajstić information content (AvgIpc) is 3.07. The number of halogens is 1. The fraction of sp³-hybridized carbons (Fsp3) is 0.133. The number of carbonyl (C=O) groups is 1. The molecule has 3 rings (SSSR count). The van der Waals surface area contributed by atoms with Crippen LogP contribution in [0, 0.1) is 0 Å². The summed E-state index contributed by atoms with van der Waals surface area (Å²) in [6.45, 7) is 0.536. The van der Waals surface area contributed by atoms with Crippen LogP contribution in [-0.4, -0.2) is 26.8 Å². The second kappa shape index (κ2) is 6.72. The second-order valence-corrected chi connectivity index (χ2v) is 5.77. The molecule has 0 saturated carbocycles. The lowest BCUT2D eigenvalue weighted by Crippen LogP contribution is -2.23. The van der Waals surface area contributed by atoms with E-state index in [0.29, 0.717) is 23.8 Å². The quantitative estimate of drug-likeness (QED) is 0.731. The highest BCUT2D eigenvalue weighted by Crippen LogP contribution is 2.22. The second-order valence-electron chi connectivity index (χ2n) is 4.54. The summed E-state index contributed by atoms with van der Waals surface area (Å²) in [5, 5.41) is 5.13. The number of rotatable bonds is 5. The molecule has 22 heavy (non-hydrogen) atoms. The van der Waals surface area contributed by atoms with Crippen LogP contribution in [0.2, 0.25) is 5.15 Å². The van der Waals surface area contributed by atoms with Crippen LogP contribution < -0.4 is 5.32 Å². The fourth-order valence-corrected chi connectivity index (χ4v) is 3.00. The number of thiazole rings is 1. The van der Waals surface area contributed by atoms with Crippen LogP contribution in [0.5, 0.6) is 0 Å². The Morgan fingerprint density at radius 2 is 2.36 bits per heavy atom. The predicted octanol–water partition coefficient (Wildman–Crippen LogP) is 2.82. The van der Waals surface area contributed by atoms with Crippen molar-refractivity contribution >= 4 is 39.9 Å². The van der Waals surface area contributed by atoms with Gasteiger partial charge >= 0.3 is 0 Å². The van der Waals surface area contributed by atoms with Crippen molar-refractivity contribution in [2.24, 2.45) is 0 Å². The summed E-state index contributed by atoms with van der Waals surface area (Å²) >= 11 is 7.55. The van der Waals surface area contributed by atoms with Crippen LogP contribution in [0.4, 0.5) is 0 Å². The summed E-state index contributed by atoms with van der Waals surface area (Å²) in [6.07, 6.45) is 7.45. The van der Waals surface area contributed by atoms with Gasteiger partial charge in [0, 0.05) is 42.5 Å². The van der Waals surface area contributed by atoms with Gasteiger partial charge in [-0.2, -0.15) is 0 Å². The topological polar surface area (TPSA) is 59.3 Å². The highest BCUT2D eigenvalue weighted by atomic mass is 35.5. The van der Waals surface area contributed by atoms with E-state index in [2.05, 4.69) is 15.3 Å². The van der Waals surface area contributed by atoms with Crippen LogP contribution in [0.3, 0.4) is 0 Å². The third-order valence-corrected chi connectivity index (χ3v) is 4.09. The molecule has 0 aliphatic heterocycles. The molecule has 1 amide bonds. The lowest BCUT2D eigenvalue weighted by atomic mass is 10.2. The molecule has 112 valence electrons. The van der Waals surface area contributed by atoms with Crippen LogP contribution in [-0.2, 0) is 11.2 Å². The first-order valence-corrected chi connectivity index (χ1v) is 7.96. The zero-order valence-corrected chi connectivity index (χ0v) is 13.1. The van der Waals surface area contributed by atoms with E-state index in [0.717, 1.165) is 10.7 Å². The summed E-state index contributed by atoms with van der Waals surface area (Å²) in [5.74, 6) is -0.169. The minimum absolute atomic E-state index is 0.169. The molecule has 0 unspecified atom stereocenters. The lowest BCUT2D eigenvalue weighted by Gasteiger charge is -2.01. The fourth-order valence-electron chi connectivity index (χ4n) is 2.00. The number of nitrogens with zero attached hydrogens (tertiary/aromatic N) is 3. The van der Waals surface area contributed by atoms with Gasteiger partial charge < -0.3 is 5.32 Å². The van der Waals surface area contributed by atoms with Crippen molar-refractivity contribution in [1.29, 1.82) is 0 Å². The Labute approximate surface area is 136 Å². The number of nitrogens with one attached hydrogen (secondary N) is 1. The van der Waals surface area contributed by atoms with E-state index in [1.165, 1.54) is 17.4 Å². The number of pyridine rings is 1. The first kappa shape index (κ1) is 14.7. The molecule has 0 aliphatic carbocycles. The van der Waals surface area contributed by atoms with Gasteiger partial charge in [0.05, 0.1) is 5.69 Å². The maximum Gasteiger partial charge on any atom is 0.244 e. The number of imidazole rings is 1. The molecule has 0 fully saturated rings. The molecule has 1 N–H and O–H groups in total. The molecular formula is C15H13ClN4OS. The lowest BCUT2D eigenvalue weighted by molar-refractivity contribution is -0.116. The van der Waals surface area contributed by atoms with E-state index in [-0.39, 0.29) is 5.91 Å². The molecule has 0 aromatic carbocycles. The van der Waals surface area contributed by atoms with Crippen molar-refractivity contribution in [2.45, 2.75) is 6.42 Å². The Hall–Kier alpha value is -2.18. The molecule has 0 spiro atoms. The Balaban J connectivity index is 1.57. The molecule has 0 aliphatic rings. The summed E-state index contributed by atoms with van der Waals surface area (Å²) < 4.78 is 1.85. The standard InChI is InChI=1S/C15H13ClN4OS/c16-14-12(20-9-10-22-15(20)19-14)4-5-13(21)18-8-6-11-3-1-2-7-17-11/h1-5,7,9-10H,6,8H2,(H,18,21)/b5-4+. The Bertz CT molecular complexity index is 809. The van der Waals surface area contributed by atoms with Crippen molar-refractivity contribution in [3.8, 4) is 0 Å². The van der Waals surface area contributed by atoms with Gasteiger partial charge in [0.2, 0.25) is 5.91 Å². The van der Waals surface area contributed by atoms with Gasteiger partial charge in [-0.25, -0.2) is 4.98 Å². The summed E-state index contributed by atoms with van der Waals surface area (Å²) in [7, 11) is 0. The van der Waals surface area contributed by atoms with Crippen LogP contribution in [0.15, 0.2) is 42.0 Å². The van der Waals surface area contributed by atoms with Crippen molar-refractivity contribution in [1.82, 2.24) is 19.7 Å². The zero-order chi connectivity index (χ0) is 15.4. The van der Waals surface area contributed by atoms with Crippen LogP contribution in [0.1, 0.15) is 11.4 Å². The number of hydrogen-bond acceptors (Lipinski definition) is 4. The Kier molecular flexibility index (Phi) is 4.50. The number of fused-ring (bicyclic) bond motifs is 1. The molecule has 0 atom stereocenters. The predicted molar refractivity (Wildman–Crippen MR) is 88.1 cm³/mol. The first-order chi connectivity index (χ1) is 10.7. The molecule has 3 heterocycles. The monoisotopic (exact) mass is 332 g/mol. The van der Waals surface area contributed by atoms with E-state index >= 15 is 0 Å². The van der Waals surface area contributed by atoms with Crippen molar-refractivity contribution < 1.29 is 4.79 Å². The van der Waals surface area contributed by atoms with Crippen LogP contribution >= 0.6 is 22.9 Å². The summed E-state index contributed by atoms with van der Waals surface area (Å²) in [5.41, 5.74) is 1.66. The smallest absolute Gasteiger partial charge is 0.244 e. The van der Waals surface area contributed by atoms with E-state index in [4.69, 9.17) is 11.6 Å². The third kappa shape index (κ3) is 3.35. The highest BCUT2D eigenvalue weighted by molar-refractivity contribution is 7.15. The number of amides is 1. The van der Waals surface area contributed by atoms with Crippen molar-refractivity contribution in [3.63, 3.8) is 0 Å². The van der Waals surface area contributed by atoms with Gasteiger partial charge in [-0.15, -0.1) is 11.3 Å². The number of hydrogen-bond donors (Lipinski definition) is 1. The van der Waals surface area contributed by atoms with Crippen molar-refractivity contribution in [2.75, 3.05) is 6.54 Å². The minimum Gasteiger partial charge on any atom is -0.352 e. The van der Waals surface area contributed by atoms with Gasteiger partial charge in [0.15, 0.2) is 10.1 Å². The number of carbonyl (C=O) groups excluding carboxylic acids is 1. The van der Waals surface area contributed by atoms with Gasteiger partial charge in [0.25, 0.3) is 0 Å². The van der Waals surface area contributed by atoms with E-state index in [1.807, 2.05) is 34.2 Å². The summed E-state index contributed by atoms with van der Waals surface area (Å²) in [6, 6.07) is 5.73. The van der Waals surface area contributed by atoms with Gasteiger partial charge in [-0.1, -0.05) is 17.7 Å². The average molecular weight is 333 g/mol. The molecular weight excluding hydrogens is 320 g/mol. The molecule has 5 nitrogen and oxygen atoms in total. The molecule has 3 aromatic rings. The zero-order valence-electron chi connectivity index (χ0n) is 11.6. The van der Waals surface area contributed by atoms with Gasteiger partial charge in [-0.3, -0.25) is 14.2 Å². The van der Waals surface area contributed by atoms with Crippen LogP contribution in [0.25, 0.3) is 11.0 Å². The first-order valence-electron chi connectivity index (χ1n) is 6.71. The van der Waals surface area contributed by atoms with E-state index < -0.39 is 0 Å². The maximum absolute atomic E-state index is 11.8. The minimum atomic E-state index is -0.169. The van der Waals surface area contributed by atoms with E-state index in [1.54, 1.807) is 12.3 Å². The third-order valence-electron chi connectivity index (χ3n) is 3.05. The Morgan fingerprint density at radius 1 is 1.45 bits per heavy atom.